The number of nitrogens with one attached hydrogen (secondary N) is 1. The van der Waals surface area contributed by atoms with Crippen molar-refractivity contribution in [3.8, 4) is 11.3 Å². The molecule has 0 aliphatic carbocycles. The number of nitrogens with zero attached hydrogens (tertiary/aromatic N) is 2. The van der Waals surface area contributed by atoms with Crippen LogP contribution in [0, 0.1) is 0 Å². The first-order valence-electron chi connectivity index (χ1n) is 14.8. The van der Waals surface area contributed by atoms with Crippen LogP contribution in [0.2, 0.25) is 0 Å². The largest absolute Gasteiger partial charge is 0.345 e. The Balaban J connectivity index is 1.39. The minimum absolute atomic E-state index is 0.0364. The molecular formula is C37H37N3O. The summed E-state index contributed by atoms with van der Waals surface area (Å²) in [6.45, 7) is 4.79. The minimum atomic E-state index is -0.0646. The van der Waals surface area contributed by atoms with Crippen LogP contribution in [0.5, 0.6) is 0 Å². The monoisotopic (exact) mass is 539 g/mol. The number of piperidine rings is 1. The molecule has 0 spiro atoms. The summed E-state index contributed by atoms with van der Waals surface area (Å²) in [5.74, 6) is 0.542. The van der Waals surface area contributed by atoms with Crippen molar-refractivity contribution in [2.75, 3.05) is 13.1 Å². The van der Waals surface area contributed by atoms with E-state index in [0.29, 0.717) is 12.5 Å². The number of fused-ring (bicyclic) bond motifs is 1. The standard InChI is InChI=1S/C37H37N3O/c1-2-33(29-16-8-4-9-17-29)39-37(41)35-31-20-12-13-21-34(31)38-36(30-18-10-5-11-19-30)32(35)26-40-24-22-28(23-25-40)27-14-6-3-7-15-27/h3-21,28,33H,2,22-26H2,1H3,(H,39,41)/t33-/m0/s1. The van der Waals surface area contributed by atoms with E-state index < -0.39 is 0 Å². The number of carbonyl (C=O) groups is 1. The average Bonchev–Trinajstić information content (AvgIpc) is 3.04. The molecule has 0 radical (unpaired) electrons. The van der Waals surface area contributed by atoms with E-state index in [1.807, 2.05) is 60.7 Å². The smallest absolute Gasteiger partial charge is 0.252 e. The molecule has 6 rings (SSSR count). The van der Waals surface area contributed by atoms with Crippen LogP contribution in [-0.4, -0.2) is 28.9 Å². The van der Waals surface area contributed by atoms with Gasteiger partial charge in [0.25, 0.3) is 5.91 Å². The molecule has 1 saturated heterocycles. The molecule has 1 atom stereocenters. The minimum Gasteiger partial charge on any atom is -0.345 e. The molecule has 4 aromatic carbocycles. The molecule has 5 aromatic rings. The molecule has 1 N–H and O–H groups in total. The second kappa shape index (κ2) is 12.5. The van der Waals surface area contributed by atoms with Crippen LogP contribution < -0.4 is 5.32 Å². The summed E-state index contributed by atoms with van der Waals surface area (Å²) in [6, 6.07) is 39.4. The number of carbonyl (C=O) groups excluding carboxylic acids is 1. The van der Waals surface area contributed by atoms with E-state index in [2.05, 4.69) is 71.7 Å². The normalized spacial score (nSPS) is 15.0. The lowest BCUT2D eigenvalue weighted by molar-refractivity contribution is 0.0934. The molecule has 4 heteroatoms. The van der Waals surface area contributed by atoms with Crippen molar-refractivity contribution in [1.82, 2.24) is 15.2 Å². The SMILES string of the molecule is CC[C@H](NC(=O)c1c(CN2CCC(c3ccccc3)CC2)c(-c2ccccc2)nc2ccccc12)c1ccccc1. The van der Waals surface area contributed by atoms with Crippen LogP contribution in [-0.2, 0) is 6.54 Å². The van der Waals surface area contributed by atoms with Crippen LogP contribution in [0.25, 0.3) is 22.2 Å². The molecule has 0 unspecified atom stereocenters. The number of hydrogen-bond donors (Lipinski definition) is 1. The Kier molecular flexibility index (Phi) is 8.20. The van der Waals surface area contributed by atoms with E-state index in [1.165, 1.54) is 5.56 Å². The fraction of sp³-hybridized carbons (Fsp3) is 0.243. The van der Waals surface area contributed by atoms with Crippen LogP contribution in [0.1, 0.15) is 65.2 Å². The van der Waals surface area contributed by atoms with E-state index in [-0.39, 0.29) is 11.9 Å². The molecule has 1 fully saturated rings. The van der Waals surface area contributed by atoms with Crippen molar-refractivity contribution < 1.29 is 4.79 Å². The van der Waals surface area contributed by atoms with Gasteiger partial charge in [-0.2, -0.15) is 0 Å². The van der Waals surface area contributed by atoms with Gasteiger partial charge in [0.15, 0.2) is 0 Å². The highest BCUT2D eigenvalue weighted by Gasteiger charge is 2.27. The van der Waals surface area contributed by atoms with Gasteiger partial charge in [-0.25, -0.2) is 4.98 Å². The van der Waals surface area contributed by atoms with Crippen molar-refractivity contribution >= 4 is 16.8 Å². The summed E-state index contributed by atoms with van der Waals surface area (Å²) in [4.78, 5) is 22.0. The summed E-state index contributed by atoms with van der Waals surface area (Å²) in [6.07, 6.45) is 3.03. The Hall–Kier alpha value is -4.28. The maximum Gasteiger partial charge on any atom is 0.252 e. The van der Waals surface area contributed by atoms with Crippen LogP contribution in [0.3, 0.4) is 0 Å². The molecule has 41 heavy (non-hydrogen) atoms. The average molecular weight is 540 g/mol. The maximum absolute atomic E-state index is 14.3. The maximum atomic E-state index is 14.3. The van der Waals surface area contributed by atoms with Crippen LogP contribution in [0.4, 0.5) is 0 Å². The van der Waals surface area contributed by atoms with Gasteiger partial charge in [-0.3, -0.25) is 9.69 Å². The number of amides is 1. The first kappa shape index (κ1) is 26.9. The van der Waals surface area contributed by atoms with Crippen molar-refractivity contribution in [3.05, 3.63) is 138 Å². The van der Waals surface area contributed by atoms with Gasteiger partial charge in [-0.15, -0.1) is 0 Å². The van der Waals surface area contributed by atoms with Gasteiger partial charge in [-0.1, -0.05) is 116 Å². The third kappa shape index (κ3) is 5.94. The fourth-order valence-electron chi connectivity index (χ4n) is 6.21. The van der Waals surface area contributed by atoms with Gasteiger partial charge < -0.3 is 5.32 Å². The molecule has 1 amide bonds. The van der Waals surface area contributed by atoms with E-state index in [1.54, 1.807) is 0 Å². The molecule has 0 bridgehead atoms. The van der Waals surface area contributed by atoms with Crippen molar-refractivity contribution in [1.29, 1.82) is 0 Å². The summed E-state index contributed by atoms with van der Waals surface area (Å²) in [5.41, 5.74) is 7.08. The highest BCUT2D eigenvalue weighted by atomic mass is 16.1. The Bertz CT molecular complexity index is 1590. The fourth-order valence-corrected chi connectivity index (χ4v) is 6.21. The summed E-state index contributed by atoms with van der Waals surface area (Å²) in [7, 11) is 0. The van der Waals surface area contributed by atoms with E-state index in [0.717, 1.165) is 71.2 Å². The van der Waals surface area contributed by atoms with E-state index >= 15 is 0 Å². The van der Waals surface area contributed by atoms with Gasteiger partial charge in [-0.05, 0) is 55.5 Å². The zero-order chi connectivity index (χ0) is 28.0. The second-order valence-electron chi connectivity index (χ2n) is 11.0. The molecule has 206 valence electrons. The first-order valence-corrected chi connectivity index (χ1v) is 14.8. The second-order valence-corrected chi connectivity index (χ2v) is 11.0. The van der Waals surface area contributed by atoms with Gasteiger partial charge in [0.1, 0.15) is 0 Å². The highest BCUT2D eigenvalue weighted by molar-refractivity contribution is 6.09. The van der Waals surface area contributed by atoms with Gasteiger partial charge in [0.05, 0.1) is 22.8 Å². The van der Waals surface area contributed by atoms with Gasteiger partial charge in [0, 0.05) is 23.1 Å². The number of likely N-dealkylation sites (tertiary alicyclic amines) is 1. The zero-order valence-corrected chi connectivity index (χ0v) is 23.7. The number of aromatic nitrogens is 1. The lowest BCUT2D eigenvalue weighted by Gasteiger charge is -2.33. The lowest BCUT2D eigenvalue weighted by Crippen LogP contribution is -2.34. The van der Waals surface area contributed by atoms with Gasteiger partial charge >= 0.3 is 0 Å². The number of rotatable bonds is 8. The molecule has 4 nitrogen and oxygen atoms in total. The Morgan fingerprint density at radius 2 is 1.44 bits per heavy atom. The van der Waals surface area contributed by atoms with Crippen molar-refractivity contribution in [3.63, 3.8) is 0 Å². The van der Waals surface area contributed by atoms with E-state index in [4.69, 9.17) is 4.98 Å². The third-order valence-electron chi connectivity index (χ3n) is 8.42. The predicted molar refractivity (Wildman–Crippen MR) is 168 cm³/mol. The third-order valence-corrected chi connectivity index (χ3v) is 8.42. The molecule has 1 aromatic heterocycles. The lowest BCUT2D eigenvalue weighted by atomic mass is 9.88. The Labute approximate surface area is 243 Å². The Morgan fingerprint density at radius 1 is 0.829 bits per heavy atom. The highest BCUT2D eigenvalue weighted by Crippen LogP contribution is 2.34. The number of benzene rings is 4. The quantitative estimate of drug-likeness (QED) is 0.216. The number of para-hydroxylation sites is 1. The van der Waals surface area contributed by atoms with Crippen LogP contribution in [0.15, 0.2) is 115 Å². The summed E-state index contributed by atoms with van der Waals surface area (Å²) >= 11 is 0. The first-order chi connectivity index (χ1) is 20.2. The Morgan fingerprint density at radius 3 is 2.12 bits per heavy atom. The molecular weight excluding hydrogens is 502 g/mol. The van der Waals surface area contributed by atoms with Crippen LogP contribution >= 0.6 is 0 Å². The van der Waals surface area contributed by atoms with Gasteiger partial charge in [0.2, 0.25) is 0 Å². The predicted octanol–water partition coefficient (Wildman–Crippen LogP) is 8.16. The molecule has 2 heterocycles. The summed E-state index contributed by atoms with van der Waals surface area (Å²) < 4.78 is 0. The van der Waals surface area contributed by atoms with Crippen molar-refractivity contribution in [2.24, 2.45) is 0 Å². The van der Waals surface area contributed by atoms with Crippen molar-refractivity contribution in [2.45, 2.75) is 44.7 Å². The topological polar surface area (TPSA) is 45.2 Å². The zero-order valence-electron chi connectivity index (χ0n) is 23.7. The molecule has 0 saturated carbocycles. The summed E-state index contributed by atoms with van der Waals surface area (Å²) in [5, 5.41) is 4.30. The molecule has 1 aliphatic heterocycles. The number of hydrogen-bond acceptors (Lipinski definition) is 3. The number of pyridine rings is 1. The van der Waals surface area contributed by atoms with E-state index in [9.17, 15) is 4.79 Å². The molecule has 1 aliphatic rings.